The Morgan fingerprint density at radius 1 is 0.469 bits per heavy atom. The van der Waals surface area contributed by atoms with Crippen LogP contribution >= 0.6 is 11.8 Å². The minimum absolute atomic E-state index is 0.0334. The predicted molar refractivity (Wildman–Crippen MR) is 155 cm³/mol. The fraction of sp³-hybridized carbons (Fsp3) is 0.133. The molecule has 6 N–H and O–H groups in total. The smallest absolute Gasteiger partial charge is 0.399 e. The van der Waals surface area contributed by atoms with Crippen molar-refractivity contribution < 1.29 is 62.3 Å². The number of nitrogen functional groups attached to an aromatic ring is 2. The van der Waals surface area contributed by atoms with Gasteiger partial charge in [0.1, 0.15) is 0 Å². The number of benzene rings is 4. The van der Waals surface area contributed by atoms with E-state index in [9.17, 15) is 62.3 Å². The van der Waals surface area contributed by atoms with Crippen LogP contribution in [-0.4, -0.2) is 11.8 Å². The molecule has 6 nitrogen and oxygen atoms in total. The lowest BCUT2D eigenvalue weighted by Gasteiger charge is -2.19. The fourth-order valence-corrected chi connectivity index (χ4v) is 5.42. The molecule has 0 aromatic heterocycles. The van der Waals surface area contributed by atoms with E-state index < -0.39 is 91.1 Å². The van der Waals surface area contributed by atoms with Crippen molar-refractivity contribution in [2.45, 2.75) is 34.5 Å². The Morgan fingerprint density at radius 3 is 1.10 bits per heavy atom. The first-order valence-electron chi connectivity index (χ1n) is 13.1. The zero-order chi connectivity index (χ0) is 36.7. The minimum Gasteiger partial charge on any atom is -0.399 e. The molecule has 0 radical (unpaired) electrons. The lowest BCUT2D eigenvalue weighted by Crippen LogP contribution is -2.19. The summed E-state index contributed by atoms with van der Waals surface area (Å²) in [5, 5.41) is 3.80. The number of rotatable bonds is 6. The maximum Gasteiger partial charge on any atom is 0.417 e. The van der Waals surface area contributed by atoms with Crippen molar-refractivity contribution in [2.75, 3.05) is 22.1 Å². The van der Waals surface area contributed by atoms with Gasteiger partial charge in [0.2, 0.25) is 0 Å². The molecule has 0 unspecified atom stereocenters. The van der Waals surface area contributed by atoms with Crippen LogP contribution in [0.15, 0.2) is 82.6 Å². The molecule has 260 valence electrons. The Morgan fingerprint density at radius 2 is 0.796 bits per heavy atom. The lowest BCUT2D eigenvalue weighted by atomic mass is 10.0. The molecule has 0 saturated carbocycles. The van der Waals surface area contributed by atoms with Crippen molar-refractivity contribution in [3.63, 3.8) is 0 Å². The van der Waals surface area contributed by atoms with Gasteiger partial charge in [-0.1, -0.05) is 11.8 Å². The molecule has 49 heavy (non-hydrogen) atoms. The van der Waals surface area contributed by atoms with Gasteiger partial charge in [0.05, 0.1) is 33.4 Å². The van der Waals surface area contributed by atoms with Gasteiger partial charge in [0.15, 0.2) is 0 Å². The topological polar surface area (TPSA) is 110 Å². The third kappa shape index (κ3) is 8.70. The van der Waals surface area contributed by atoms with Gasteiger partial charge in [-0.15, -0.1) is 0 Å². The highest BCUT2D eigenvalue weighted by molar-refractivity contribution is 7.99. The number of carbonyl (C=O) groups excluding carboxylic acids is 2. The summed E-state index contributed by atoms with van der Waals surface area (Å²) < 4.78 is 165. The summed E-state index contributed by atoms with van der Waals surface area (Å²) in [5.74, 6) is -2.92. The fourth-order valence-electron chi connectivity index (χ4n) is 4.34. The molecule has 0 spiro atoms. The van der Waals surface area contributed by atoms with Crippen LogP contribution in [0.4, 0.5) is 75.4 Å². The highest BCUT2D eigenvalue weighted by Gasteiger charge is 2.39. The molecular weight excluding hydrogens is 708 g/mol. The average Bonchev–Trinajstić information content (AvgIpc) is 2.96. The van der Waals surface area contributed by atoms with Gasteiger partial charge in [0, 0.05) is 32.5 Å². The van der Waals surface area contributed by atoms with Crippen molar-refractivity contribution in [1.29, 1.82) is 0 Å². The van der Waals surface area contributed by atoms with Gasteiger partial charge in [-0.05, 0) is 72.8 Å². The molecule has 4 aromatic rings. The molecule has 4 aromatic carbocycles. The first kappa shape index (κ1) is 36.8. The molecule has 2 amide bonds. The second kappa shape index (κ2) is 13.1. The van der Waals surface area contributed by atoms with Crippen molar-refractivity contribution in [3.05, 3.63) is 106 Å². The van der Waals surface area contributed by atoms with Crippen LogP contribution in [-0.2, 0) is 24.7 Å². The molecule has 0 aliphatic rings. The van der Waals surface area contributed by atoms with Crippen molar-refractivity contribution >= 4 is 46.3 Å². The third-order valence-corrected chi connectivity index (χ3v) is 7.64. The molecule has 19 heteroatoms. The molecule has 0 saturated heterocycles. The third-order valence-electron chi connectivity index (χ3n) is 6.49. The Balaban J connectivity index is 1.67. The SMILES string of the molecule is Nc1ccc(C(=O)Nc2ccc(Sc3ccc(NC(=O)c4ccc(N)cc4C(F)(F)F)cc3C(F)(F)F)c(C(F)(F)F)c2)c(C(F)(F)F)c1. The zero-order valence-electron chi connectivity index (χ0n) is 23.8. The van der Waals surface area contributed by atoms with Gasteiger partial charge in [-0.2, -0.15) is 52.7 Å². The molecule has 4 rings (SSSR count). The van der Waals surface area contributed by atoms with Crippen LogP contribution in [0.5, 0.6) is 0 Å². The maximum atomic E-state index is 14.1. The number of nitrogens with one attached hydrogen (secondary N) is 2. The van der Waals surface area contributed by atoms with Crippen molar-refractivity contribution in [2.24, 2.45) is 0 Å². The number of amides is 2. The van der Waals surface area contributed by atoms with Crippen LogP contribution in [0, 0.1) is 0 Å². The summed E-state index contributed by atoms with van der Waals surface area (Å²) in [6.07, 6.45) is -20.6. The van der Waals surface area contributed by atoms with E-state index in [0.29, 0.717) is 48.5 Å². The first-order valence-corrected chi connectivity index (χ1v) is 13.9. The van der Waals surface area contributed by atoms with Gasteiger partial charge in [0.25, 0.3) is 11.8 Å². The predicted octanol–water partition coefficient (Wildman–Crippen LogP) is 9.58. The molecular formula is C30H18F12N4O2S. The van der Waals surface area contributed by atoms with E-state index in [4.69, 9.17) is 11.5 Å². The summed E-state index contributed by atoms with van der Waals surface area (Å²) in [6.45, 7) is 0. The highest BCUT2D eigenvalue weighted by Crippen LogP contribution is 2.46. The second-order valence-electron chi connectivity index (χ2n) is 10.0. The van der Waals surface area contributed by atoms with Gasteiger partial charge in [-0.25, -0.2) is 0 Å². The summed E-state index contributed by atoms with van der Waals surface area (Å²) in [7, 11) is 0. The number of alkyl halides is 12. The number of anilines is 4. The standard InChI is InChI=1S/C30H18F12N4O2S/c31-27(32,33)19-9-13(43)1-5-17(19)25(47)45-15-3-7-23(21(11-15)29(37,38)39)49-24-8-4-16(12-22(24)30(40,41)42)46-26(48)18-6-2-14(44)10-20(18)28(34,35)36/h1-12H,43-44H2,(H,45,47)(H,46,48). The van der Waals surface area contributed by atoms with E-state index in [1.807, 2.05) is 10.6 Å². The van der Waals surface area contributed by atoms with Crippen LogP contribution in [0.3, 0.4) is 0 Å². The number of halogens is 12. The average molecular weight is 727 g/mol. The normalized spacial score (nSPS) is 12.5. The molecule has 0 heterocycles. The Kier molecular flexibility index (Phi) is 9.82. The Bertz CT molecular complexity index is 1780. The number of nitrogens with two attached hydrogens (primary N) is 2. The molecule has 0 atom stereocenters. The van der Waals surface area contributed by atoms with Crippen LogP contribution < -0.4 is 22.1 Å². The molecule has 0 bridgehead atoms. The van der Waals surface area contributed by atoms with E-state index in [1.165, 1.54) is 0 Å². The van der Waals surface area contributed by atoms with E-state index >= 15 is 0 Å². The molecule has 0 aliphatic heterocycles. The quantitative estimate of drug-likeness (QED) is 0.117. The van der Waals surface area contributed by atoms with E-state index in [0.717, 1.165) is 24.3 Å². The molecule has 0 fully saturated rings. The summed E-state index contributed by atoms with van der Waals surface area (Å²) in [4.78, 5) is 23.6. The number of hydrogen-bond donors (Lipinski definition) is 4. The zero-order valence-corrected chi connectivity index (χ0v) is 24.7. The van der Waals surface area contributed by atoms with Gasteiger partial charge < -0.3 is 22.1 Å². The van der Waals surface area contributed by atoms with Gasteiger partial charge in [-0.3, -0.25) is 9.59 Å². The largest absolute Gasteiger partial charge is 0.417 e. The monoisotopic (exact) mass is 726 g/mol. The van der Waals surface area contributed by atoms with Gasteiger partial charge >= 0.3 is 24.7 Å². The van der Waals surface area contributed by atoms with E-state index in [2.05, 4.69) is 0 Å². The lowest BCUT2D eigenvalue weighted by molar-refractivity contribution is -0.140. The second-order valence-corrected chi connectivity index (χ2v) is 11.1. The van der Waals surface area contributed by atoms with Crippen molar-refractivity contribution in [1.82, 2.24) is 0 Å². The highest BCUT2D eigenvalue weighted by atomic mass is 32.2. The minimum atomic E-state index is -5.25. The maximum absolute atomic E-state index is 14.1. The molecule has 0 aliphatic carbocycles. The number of hydrogen-bond acceptors (Lipinski definition) is 5. The summed E-state index contributed by atoms with van der Waals surface area (Å²) in [5.41, 5.74) is 0.670. The number of carbonyl (C=O) groups is 2. The summed E-state index contributed by atoms with van der Waals surface area (Å²) in [6, 6.07) is 7.80. The van der Waals surface area contributed by atoms with E-state index in [-0.39, 0.29) is 23.1 Å². The van der Waals surface area contributed by atoms with Crippen LogP contribution in [0.2, 0.25) is 0 Å². The van der Waals surface area contributed by atoms with Crippen molar-refractivity contribution in [3.8, 4) is 0 Å². The van der Waals surface area contributed by atoms with Crippen LogP contribution in [0.25, 0.3) is 0 Å². The van der Waals surface area contributed by atoms with Crippen LogP contribution in [0.1, 0.15) is 43.0 Å². The summed E-state index contributed by atoms with van der Waals surface area (Å²) >= 11 is -0.0334. The Hall–Kier alpha value is -5.07. The Labute approximate surface area is 271 Å². The van der Waals surface area contributed by atoms with E-state index in [1.54, 1.807) is 0 Å². The first-order chi connectivity index (χ1) is 22.4.